The largest absolute Gasteiger partial charge is 0.478 e. The van der Waals surface area contributed by atoms with Gasteiger partial charge in [-0.1, -0.05) is 23.3 Å². The van der Waals surface area contributed by atoms with Crippen molar-refractivity contribution in [2.45, 2.75) is 46.5 Å². The second-order valence-corrected chi connectivity index (χ2v) is 4.65. The monoisotopic (exact) mass is 266 g/mol. The summed E-state index contributed by atoms with van der Waals surface area (Å²) in [4.78, 5) is 21.0. The number of aliphatic carboxylic acids is 2. The Kier molecular flexibility index (Phi) is 8.25. The number of allylic oxidation sites excluding steroid dienone is 4. The lowest BCUT2D eigenvalue weighted by atomic mass is 10.1. The zero-order valence-electron chi connectivity index (χ0n) is 11.8. The van der Waals surface area contributed by atoms with Gasteiger partial charge < -0.3 is 10.2 Å². The number of hydrogen-bond acceptors (Lipinski definition) is 2. The predicted octanol–water partition coefficient (Wildman–Crippen LogP) is 3.55. The standard InChI is InChI=1S/C15H22O4/c1-11(7-5-9-13(3)15(18)19)6-4-8-12(2)10-14(16)17/h6,9-10H,4-5,7-8H2,1-3H3,(H,16,17)(H,18,19). The molecule has 0 amide bonds. The molecule has 106 valence electrons. The van der Waals surface area contributed by atoms with Crippen LogP contribution in [0.5, 0.6) is 0 Å². The number of carbonyl (C=O) groups is 2. The fourth-order valence-electron chi connectivity index (χ4n) is 1.53. The van der Waals surface area contributed by atoms with Crippen LogP contribution in [-0.4, -0.2) is 22.2 Å². The third kappa shape index (κ3) is 9.83. The zero-order valence-corrected chi connectivity index (χ0v) is 11.8. The molecule has 0 bridgehead atoms. The number of carboxylic acids is 2. The molecule has 0 aliphatic rings. The molecule has 0 aromatic rings. The molecule has 0 saturated carbocycles. The Balaban J connectivity index is 4.06. The van der Waals surface area contributed by atoms with Crippen LogP contribution in [0.2, 0.25) is 0 Å². The Hall–Kier alpha value is -1.84. The molecule has 4 nitrogen and oxygen atoms in total. The minimum absolute atomic E-state index is 0.369. The lowest BCUT2D eigenvalue weighted by molar-refractivity contribution is -0.133. The second-order valence-electron chi connectivity index (χ2n) is 4.65. The third-order valence-corrected chi connectivity index (χ3v) is 2.73. The van der Waals surface area contributed by atoms with Gasteiger partial charge in [-0.3, -0.25) is 0 Å². The van der Waals surface area contributed by atoms with E-state index in [1.54, 1.807) is 19.9 Å². The fraction of sp³-hybridized carbons (Fsp3) is 0.467. The molecule has 0 aromatic heterocycles. The molecule has 2 N–H and O–H groups in total. The highest BCUT2D eigenvalue weighted by Gasteiger charge is 1.98. The molecule has 0 heterocycles. The van der Waals surface area contributed by atoms with Gasteiger partial charge in [0.2, 0.25) is 0 Å². The Morgan fingerprint density at radius 3 is 1.95 bits per heavy atom. The molecule has 0 aliphatic carbocycles. The Morgan fingerprint density at radius 1 is 0.895 bits per heavy atom. The highest BCUT2D eigenvalue weighted by Crippen LogP contribution is 2.11. The summed E-state index contributed by atoms with van der Waals surface area (Å²) in [5.74, 6) is -1.79. The van der Waals surface area contributed by atoms with Gasteiger partial charge in [0.15, 0.2) is 0 Å². The van der Waals surface area contributed by atoms with Gasteiger partial charge in [-0.15, -0.1) is 0 Å². The van der Waals surface area contributed by atoms with Crippen LogP contribution < -0.4 is 0 Å². The SMILES string of the molecule is CC(=CCCC(C)=CC(=O)O)CCC=C(C)C(=O)O. The van der Waals surface area contributed by atoms with Crippen molar-refractivity contribution in [3.63, 3.8) is 0 Å². The van der Waals surface area contributed by atoms with Gasteiger partial charge in [0.05, 0.1) is 0 Å². The van der Waals surface area contributed by atoms with Gasteiger partial charge in [0.1, 0.15) is 0 Å². The van der Waals surface area contributed by atoms with Gasteiger partial charge in [-0.25, -0.2) is 9.59 Å². The zero-order chi connectivity index (χ0) is 14.8. The van der Waals surface area contributed by atoms with E-state index in [2.05, 4.69) is 6.08 Å². The van der Waals surface area contributed by atoms with Gasteiger partial charge in [0, 0.05) is 11.6 Å². The molecule has 0 saturated heterocycles. The summed E-state index contributed by atoms with van der Waals surface area (Å²) >= 11 is 0. The highest BCUT2D eigenvalue weighted by molar-refractivity contribution is 5.85. The first-order chi connectivity index (χ1) is 8.82. The molecule has 19 heavy (non-hydrogen) atoms. The van der Waals surface area contributed by atoms with Crippen molar-refractivity contribution >= 4 is 11.9 Å². The first kappa shape index (κ1) is 17.2. The van der Waals surface area contributed by atoms with Crippen molar-refractivity contribution in [3.05, 3.63) is 34.9 Å². The summed E-state index contributed by atoms with van der Waals surface area (Å²) in [7, 11) is 0. The van der Waals surface area contributed by atoms with Gasteiger partial charge >= 0.3 is 11.9 Å². The van der Waals surface area contributed by atoms with E-state index >= 15 is 0 Å². The van der Waals surface area contributed by atoms with Crippen molar-refractivity contribution in [2.75, 3.05) is 0 Å². The molecule has 0 unspecified atom stereocenters. The van der Waals surface area contributed by atoms with Gasteiger partial charge in [-0.05, 0) is 46.5 Å². The number of carboxylic acid groups (broad SMARTS) is 2. The van der Waals surface area contributed by atoms with Crippen LogP contribution in [0.3, 0.4) is 0 Å². The Labute approximate surface area is 114 Å². The van der Waals surface area contributed by atoms with Crippen molar-refractivity contribution in [2.24, 2.45) is 0 Å². The molecule has 0 aromatic carbocycles. The summed E-state index contributed by atoms with van der Waals surface area (Å²) in [5, 5.41) is 17.2. The van der Waals surface area contributed by atoms with E-state index < -0.39 is 11.9 Å². The molecule has 0 aliphatic heterocycles. The van der Waals surface area contributed by atoms with E-state index in [-0.39, 0.29) is 0 Å². The van der Waals surface area contributed by atoms with Crippen LogP contribution in [0, 0.1) is 0 Å². The fourth-order valence-corrected chi connectivity index (χ4v) is 1.53. The van der Waals surface area contributed by atoms with Crippen LogP contribution in [-0.2, 0) is 9.59 Å². The topological polar surface area (TPSA) is 74.6 Å². The Bertz CT molecular complexity index is 414. The molecular formula is C15H22O4. The van der Waals surface area contributed by atoms with Gasteiger partial charge in [0.25, 0.3) is 0 Å². The lowest BCUT2D eigenvalue weighted by Crippen LogP contribution is -1.95. The molecular weight excluding hydrogens is 244 g/mol. The lowest BCUT2D eigenvalue weighted by Gasteiger charge is -2.00. The summed E-state index contributed by atoms with van der Waals surface area (Å²) in [5.41, 5.74) is 2.41. The summed E-state index contributed by atoms with van der Waals surface area (Å²) in [6.45, 7) is 5.39. The van der Waals surface area contributed by atoms with E-state index in [1.165, 1.54) is 11.6 Å². The van der Waals surface area contributed by atoms with Crippen molar-refractivity contribution in [1.82, 2.24) is 0 Å². The second kappa shape index (κ2) is 9.14. The Morgan fingerprint density at radius 2 is 1.42 bits per heavy atom. The van der Waals surface area contributed by atoms with Crippen LogP contribution in [0.15, 0.2) is 34.9 Å². The van der Waals surface area contributed by atoms with Crippen molar-refractivity contribution in [3.8, 4) is 0 Å². The quantitative estimate of drug-likeness (QED) is 0.520. The first-order valence-electron chi connectivity index (χ1n) is 6.28. The van der Waals surface area contributed by atoms with E-state index in [4.69, 9.17) is 10.2 Å². The maximum atomic E-state index is 10.6. The maximum Gasteiger partial charge on any atom is 0.330 e. The van der Waals surface area contributed by atoms with Crippen molar-refractivity contribution < 1.29 is 19.8 Å². The van der Waals surface area contributed by atoms with Crippen LogP contribution in [0.4, 0.5) is 0 Å². The van der Waals surface area contributed by atoms with E-state index in [0.29, 0.717) is 12.0 Å². The smallest absolute Gasteiger partial charge is 0.330 e. The van der Waals surface area contributed by atoms with Crippen LogP contribution in [0.25, 0.3) is 0 Å². The van der Waals surface area contributed by atoms with E-state index in [1.807, 2.05) is 6.92 Å². The van der Waals surface area contributed by atoms with E-state index in [9.17, 15) is 9.59 Å². The molecule has 4 heteroatoms. The third-order valence-electron chi connectivity index (χ3n) is 2.73. The molecule has 0 rings (SSSR count). The van der Waals surface area contributed by atoms with E-state index in [0.717, 1.165) is 24.8 Å². The predicted molar refractivity (Wildman–Crippen MR) is 75.0 cm³/mol. The average Bonchev–Trinajstić information content (AvgIpc) is 2.27. The van der Waals surface area contributed by atoms with Crippen LogP contribution in [0.1, 0.15) is 46.5 Å². The average molecular weight is 266 g/mol. The molecule has 0 radical (unpaired) electrons. The van der Waals surface area contributed by atoms with Crippen molar-refractivity contribution in [1.29, 1.82) is 0 Å². The molecule has 0 fully saturated rings. The minimum atomic E-state index is -0.910. The highest BCUT2D eigenvalue weighted by atomic mass is 16.4. The maximum absolute atomic E-state index is 10.6. The van der Waals surface area contributed by atoms with Gasteiger partial charge in [-0.2, -0.15) is 0 Å². The molecule has 0 atom stereocenters. The normalized spacial score (nSPS) is 13.5. The summed E-state index contributed by atoms with van der Waals surface area (Å²) in [6, 6.07) is 0. The first-order valence-corrected chi connectivity index (χ1v) is 6.28. The number of rotatable bonds is 8. The van der Waals surface area contributed by atoms with Crippen LogP contribution >= 0.6 is 0 Å². The number of hydrogen-bond donors (Lipinski definition) is 2. The molecule has 0 spiro atoms. The summed E-state index contributed by atoms with van der Waals surface area (Å²) < 4.78 is 0. The minimum Gasteiger partial charge on any atom is -0.478 e. The summed E-state index contributed by atoms with van der Waals surface area (Å²) in [6.07, 6.45) is 8.09.